The molecule has 1 aromatic carbocycles. The normalized spacial score (nSPS) is 10.3. The SMILES string of the molecule is CCCN(CCO)c1ccc(F)cc1C(N)=S. The van der Waals surface area contributed by atoms with E-state index in [4.69, 9.17) is 23.1 Å². The van der Waals surface area contributed by atoms with Crippen molar-refractivity contribution in [1.82, 2.24) is 0 Å². The lowest BCUT2D eigenvalue weighted by Gasteiger charge is -2.25. The van der Waals surface area contributed by atoms with E-state index in [1.165, 1.54) is 12.1 Å². The Kier molecular flexibility index (Phi) is 5.31. The van der Waals surface area contributed by atoms with Gasteiger partial charge in [-0.2, -0.15) is 0 Å². The van der Waals surface area contributed by atoms with Crippen LogP contribution in [-0.2, 0) is 0 Å². The van der Waals surface area contributed by atoms with Crippen LogP contribution in [0.25, 0.3) is 0 Å². The maximum Gasteiger partial charge on any atom is 0.124 e. The third kappa shape index (κ3) is 3.64. The summed E-state index contributed by atoms with van der Waals surface area (Å²) in [6.07, 6.45) is 0.925. The predicted octanol–water partition coefficient (Wildman–Crippen LogP) is 1.67. The number of halogens is 1. The zero-order valence-electron chi connectivity index (χ0n) is 9.82. The minimum absolute atomic E-state index is 0.0359. The van der Waals surface area contributed by atoms with Gasteiger partial charge >= 0.3 is 0 Å². The summed E-state index contributed by atoms with van der Waals surface area (Å²) < 4.78 is 13.2. The Balaban J connectivity index is 3.12. The molecule has 0 saturated carbocycles. The molecule has 17 heavy (non-hydrogen) atoms. The van der Waals surface area contributed by atoms with Crippen LogP contribution in [0, 0.1) is 5.82 Å². The highest BCUT2D eigenvalue weighted by Gasteiger charge is 2.12. The average Bonchev–Trinajstić information content (AvgIpc) is 2.28. The number of rotatable bonds is 6. The van der Waals surface area contributed by atoms with E-state index in [9.17, 15) is 4.39 Å². The molecule has 0 heterocycles. The van der Waals surface area contributed by atoms with Gasteiger partial charge in [0, 0.05) is 24.3 Å². The number of aliphatic hydroxyl groups is 1. The van der Waals surface area contributed by atoms with E-state index in [2.05, 4.69) is 0 Å². The minimum Gasteiger partial charge on any atom is -0.395 e. The van der Waals surface area contributed by atoms with Crippen molar-refractivity contribution in [1.29, 1.82) is 0 Å². The van der Waals surface area contributed by atoms with Crippen LogP contribution in [0.1, 0.15) is 18.9 Å². The van der Waals surface area contributed by atoms with Gasteiger partial charge in [0.05, 0.1) is 6.61 Å². The van der Waals surface area contributed by atoms with Gasteiger partial charge in [-0.15, -0.1) is 0 Å². The van der Waals surface area contributed by atoms with Gasteiger partial charge in [0.2, 0.25) is 0 Å². The predicted molar refractivity (Wildman–Crippen MR) is 71.9 cm³/mol. The average molecular weight is 256 g/mol. The van der Waals surface area contributed by atoms with E-state index in [-0.39, 0.29) is 17.4 Å². The van der Waals surface area contributed by atoms with Gasteiger partial charge < -0.3 is 15.7 Å². The molecule has 0 spiro atoms. The molecule has 0 aliphatic carbocycles. The molecular formula is C12H17FN2OS. The van der Waals surface area contributed by atoms with Crippen LogP contribution < -0.4 is 10.6 Å². The molecule has 1 rings (SSSR count). The molecule has 5 heteroatoms. The molecule has 0 saturated heterocycles. The summed E-state index contributed by atoms with van der Waals surface area (Å²) in [7, 11) is 0. The van der Waals surface area contributed by atoms with Crippen molar-refractivity contribution in [2.24, 2.45) is 5.73 Å². The molecule has 0 atom stereocenters. The molecule has 0 amide bonds. The number of nitrogens with zero attached hydrogens (tertiary/aromatic N) is 1. The first kappa shape index (κ1) is 13.9. The third-order valence-electron chi connectivity index (χ3n) is 2.43. The first-order valence-corrected chi connectivity index (χ1v) is 5.96. The standard InChI is InChI=1S/C12H17FN2OS/c1-2-5-15(6-7-16)11-4-3-9(13)8-10(11)12(14)17/h3-4,8,16H,2,5-7H2,1H3,(H2,14,17). The van der Waals surface area contributed by atoms with Gasteiger partial charge in [-0.1, -0.05) is 19.1 Å². The summed E-state index contributed by atoms with van der Waals surface area (Å²) >= 11 is 4.92. The number of nitrogens with two attached hydrogens (primary N) is 1. The van der Waals surface area contributed by atoms with Crippen LogP contribution >= 0.6 is 12.2 Å². The molecule has 0 fully saturated rings. The van der Waals surface area contributed by atoms with E-state index in [1.807, 2.05) is 11.8 Å². The summed E-state index contributed by atoms with van der Waals surface area (Å²) in [6, 6.07) is 4.35. The van der Waals surface area contributed by atoms with E-state index < -0.39 is 0 Å². The Morgan fingerprint density at radius 3 is 2.71 bits per heavy atom. The fourth-order valence-electron chi connectivity index (χ4n) is 1.72. The lowest BCUT2D eigenvalue weighted by Crippen LogP contribution is -2.29. The Morgan fingerprint density at radius 1 is 1.47 bits per heavy atom. The quantitative estimate of drug-likeness (QED) is 0.760. The molecule has 0 aromatic heterocycles. The molecule has 94 valence electrons. The van der Waals surface area contributed by atoms with Gasteiger partial charge in [0.25, 0.3) is 0 Å². The molecule has 0 bridgehead atoms. The number of hydrogen-bond acceptors (Lipinski definition) is 3. The topological polar surface area (TPSA) is 49.5 Å². The van der Waals surface area contributed by atoms with Gasteiger partial charge in [0.15, 0.2) is 0 Å². The van der Waals surface area contributed by atoms with Crippen LogP contribution in [0.2, 0.25) is 0 Å². The molecule has 0 unspecified atom stereocenters. The van der Waals surface area contributed by atoms with Gasteiger partial charge in [-0.25, -0.2) is 4.39 Å². The summed E-state index contributed by atoms with van der Waals surface area (Å²) in [6.45, 7) is 3.32. The van der Waals surface area contributed by atoms with Gasteiger partial charge in [-0.05, 0) is 24.6 Å². The van der Waals surface area contributed by atoms with Crippen molar-refractivity contribution >= 4 is 22.9 Å². The van der Waals surface area contributed by atoms with E-state index in [1.54, 1.807) is 6.07 Å². The second-order valence-corrected chi connectivity index (χ2v) is 4.18. The zero-order chi connectivity index (χ0) is 12.8. The molecule has 0 aliphatic heterocycles. The van der Waals surface area contributed by atoms with Crippen molar-refractivity contribution in [3.05, 3.63) is 29.6 Å². The fourth-order valence-corrected chi connectivity index (χ4v) is 1.89. The van der Waals surface area contributed by atoms with Crippen LogP contribution in [0.15, 0.2) is 18.2 Å². The minimum atomic E-state index is -0.364. The van der Waals surface area contributed by atoms with Crippen molar-refractivity contribution < 1.29 is 9.50 Å². The highest BCUT2D eigenvalue weighted by Crippen LogP contribution is 2.22. The first-order chi connectivity index (χ1) is 8.10. The highest BCUT2D eigenvalue weighted by molar-refractivity contribution is 7.80. The number of aliphatic hydroxyl groups excluding tert-OH is 1. The van der Waals surface area contributed by atoms with Crippen molar-refractivity contribution in [3.63, 3.8) is 0 Å². The van der Waals surface area contributed by atoms with Crippen molar-refractivity contribution in [2.45, 2.75) is 13.3 Å². The summed E-state index contributed by atoms with van der Waals surface area (Å²) in [5.41, 5.74) is 6.88. The zero-order valence-corrected chi connectivity index (χ0v) is 10.6. The largest absolute Gasteiger partial charge is 0.395 e. The maximum atomic E-state index is 13.2. The monoisotopic (exact) mass is 256 g/mol. The summed E-state index contributed by atoms with van der Waals surface area (Å²) in [5.74, 6) is -0.364. The molecule has 1 aromatic rings. The van der Waals surface area contributed by atoms with Crippen LogP contribution in [-0.4, -0.2) is 29.8 Å². The third-order valence-corrected chi connectivity index (χ3v) is 2.65. The Labute approximate surface area is 106 Å². The molecule has 3 N–H and O–H groups in total. The van der Waals surface area contributed by atoms with Crippen molar-refractivity contribution in [3.8, 4) is 0 Å². The molecule has 0 radical (unpaired) electrons. The number of benzene rings is 1. The highest BCUT2D eigenvalue weighted by atomic mass is 32.1. The summed E-state index contributed by atoms with van der Waals surface area (Å²) in [4.78, 5) is 2.12. The Hall–Kier alpha value is -1.20. The molecular weight excluding hydrogens is 239 g/mol. The molecule has 3 nitrogen and oxygen atoms in total. The van der Waals surface area contributed by atoms with Crippen LogP contribution in [0.3, 0.4) is 0 Å². The smallest absolute Gasteiger partial charge is 0.124 e. The first-order valence-electron chi connectivity index (χ1n) is 5.55. The Morgan fingerprint density at radius 2 is 2.18 bits per heavy atom. The maximum absolute atomic E-state index is 13.2. The Bertz CT molecular complexity index is 392. The summed E-state index contributed by atoms with van der Waals surface area (Å²) in [5, 5.41) is 9.03. The second kappa shape index (κ2) is 6.51. The van der Waals surface area contributed by atoms with Gasteiger partial charge in [0.1, 0.15) is 10.8 Å². The lowest BCUT2D eigenvalue weighted by molar-refractivity contribution is 0.302. The fraction of sp³-hybridized carbons (Fsp3) is 0.417. The number of thiocarbonyl (C=S) groups is 1. The van der Waals surface area contributed by atoms with E-state index in [0.29, 0.717) is 12.1 Å². The molecule has 0 aliphatic rings. The van der Waals surface area contributed by atoms with E-state index >= 15 is 0 Å². The van der Waals surface area contributed by atoms with Crippen LogP contribution in [0.5, 0.6) is 0 Å². The lowest BCUT2D eigenvalue weighted by atomic mass is 10.1. The van der Waals surface area contributed by atoms with Crippen LogP contribution in [0.4, 0.5) is 10.1 Å². The van der Waals surface area contributed by atoms with Gasteiger partial charge in [-0.3, -0.25) is 0 Å². The van der Waals surface area contributed by atoms with Crippen molar-refractivity contribution in [2.75, 3.05) is 24.6 Å². The number of anilines is 1. The second-order valence-electron chi connectivity index (χ2n) is 3.74. The number of hydrogen-bond donors (Lipinski definition) is 2. The van der Waals surface area contributed by atoms with E-state index in [0.717, 1.165) is 18.7 Å².